The van der Waals surface area contributed by atoms with Gasteiger partial charge >= 0.3 is 11.7 Å². The van der Waals surface area contributed by atoms with Gasteiger partial charge in [-0.3, -0.25) is 4.79 Å². The highest BCUT2D eigenvalue weighted by molar-refractivity contribution is 8.00. The zero-order valence-corrected chi connectivity index (χ0v) is 14.4. The highest BCUT2D eigenvalue weighted by atomic mass is 32.2. The third-order valence-electron chi connectivity index (χ3n) is 3.05. The first-order valence-electron chi connectivity index (χ1n) is 7.37. The van der Waals surface area contributed by atoms with Crippen LogP contribution in [0.2, 0.25) is 0 Å². The van der Waals surface area contributed by atoms with Crippen molar-refractivity contribution in [3.8, 4) is 0 Å². The lowest BCUT2D eigenvalue weighted by Gasteiger charge is -2.10. The molecular weight excluding hydrogens is 349 g/mol. The molecule has 2 rings (SSSR count). The molecule has 2 N–H and O–H groups in total. The summed E-state index contributed by atoms with van der Waals surface area (Å²) in [6.07, 6.45) is 0. The van der Waals surface area contributed by atoms with Crippen molar-refractivity contribution < 1.29 is 18.7 Å². The Balaban J connectivity index is 2.14. The van der Waals surface area contributed by atoms with Gasteiger partial charge in [0.1, 0.15) is 16.4 Å². The number of aromatic nitrogens is 2. The van der Waals surface area contributed by atoms with Gasteiger partial charge in [-0.25, -0.2) is 14.0 Å². The highest BCUT2D eigenvalue weighted by Gasteiger charge is 2.20. The minimum atomic E-state index is -0.638. The van der Waals surface area contributed by atoms with Gasteiger partial charge in [-0.1, -0.05) is 23.9 Å². The van der Waals surface area contributed by atoms with Crippen molar-refractivity contribution in [2.75, 3.05) is 17.7 Å². The predicted octanol–water partition coefficient (Wildman–Crippen LogP) is 2.12. The van der Waals surface area contributed by atoms with Gasteiger partial charge in [0.25, 0.3) is 0 Å². The van der Waals surface area contributed by atoms with E-state index in [1.165, 1.54) is 18.2 Å². The third-order valence-corrected chi connectivity index (χ3v) is 4.03. The Kier molecular flexibility index (Phi) is 6.29. The number of esters is 1. The molecule has 0 spiro atoms. The zero-order chi connectivity index (χ0) is 18.4. The molecule has 0 bridgehead atoms. The summed E-state index contributed by atoms with van der Waals surface area (Å²) in [6, 6.07) is 5.75. The highest BCUT2D eigenvalue weighted by Crippen LogP contribution is 2.22. The van der Waals surface area contributed by atoms with Crippen molar-refractivity contribution in [3.05, 3.63) is 51.8 Å². The van der Waals surface area contributed by atoms with Crippen LogP contribution < -0.4 is 11.0 Å². The van der Waals surface area contributed by atoms with E-state index in [0.29, 0.717) is 5.69 Å². The minimum absolute atomic E-state index is 0.0498. The fourth-order valence-corrected chi connectivity index (χ4v) is 2.86. The first-order chi connectivity index (χ1) is 11.9. The number of thioether (sulfide) groups is 1. The first kappa shape index (κ1) is 18.7. The van der Waals surface area contributed by atoms with E-state index in [1.807, 2.05) is 0 Å². The van der Waals surface area contributed by atoms with E-state index in [2.05, 4.69) is 15.3 Å². The Hall–Kier alpha value is -2.68. The molecule has 1 aromatic carbocycles. The van der Waals surface area contributed by atoms with E-state index in [9.17, 15) is 18.8 Å². The molecule has 0 atom stereocenters. The summed E-state index contributed by atoms with van der Waals surface area (Å²) < 4.78 is 18.5. The number of carbonyl (C=O) groups excluding carboxylic acids is 2. The maximum absolute atomic E-state index is 13.5. The van der Waals surface area contributed by atoms with Crippen LogP contribution in [-0.2, 0) is 9.53 Å². The lowest BCUT2D eigenvalue weighted by atomic mass is 10.2. The number of hydrogen-bond acceptors (Lipinski definition) is 6. The lowest BCUT2D eigenvalue weighted by Crippen LogP contribution is -2.21. The van der Waals surface area contributed by atoms with Crippen molar-refractivity contribution in [2.24, 2.45) is 0 Å². The van der Waals surface area contributed by atoms with Gasteiger partial charge in [-0.15, -0.1) is 0 Å². The molecule has 0 unspecified atom stereocenters. The molecule has 2 aromatic rings. The molecule has 0 saturated carbocycles. The monoisotopic (exact) mass is 365 g/mol. The Morgan fingerprint density at radius 1 is 1.36 bits per heavy atom. The lowest BCUT2D eigenvalue weighted by molar-refractivity contribution is -0.113. The van der Waals surface area contributed by atoms with E-state index < -0.39 is 23.4 Å². The second-order valence-electron chi connectivity index (χ2n) is 4.88. The molecule has 9 heteroatoms. The van der Waals surface area contributed by atoms with E-state index >= 15 is 0 Å². The second kappa shape index (κ2) is 8.43. The van der Waals surface area contributed by atoms with Crippen molar-refractivity contribution >= 4 is 29.3 Å². The molecule has 0 radical (unpaired) electrons. The number of aromatic amines is 1. The minimum Gasteiger partial charge on any atom is -0.462 e. The van der Waals surface area contributed by atoms with Gasteiger partial charge in [0.2, 0.25) is 5.91 Å². The van der Waals surface area contributed by atoms with E-state index in [1.54, 1.807) is 19.9 Å². The number of amides is 1. The number of benzene rings is 1. The summed E-state index contributed by atoms with van der Waals surface area (Å²) in [6.45, 7) is 3.36. The van der Waals surface area contributed by atoms with Crippen LogP contribution in [0.5, 0.6) is 0 Å². The van der Waals surface area contributed by atoms with E-state index in [0.717, 1.165) is 11.8 Å². The summed E-state index contributed by atoms with van der Waals surface area (Å²) in [5.74, 6) is -1.85. The number of aryl methyl sites for hydroxylation is 1. The van der Waals surface area contributed by atoms with Crippen LogP contribution in [0.3, 0.4) is 0 Å². The molecule has 7 nitrogen and oxygen atoms in total. The maximum Gasteiger partial charge on any atom is 0.346 e. The fraction of sp³-hybridized carbons (Fsp3) is 0.250. The van der Waals surface area contributed by atoms with Crippen LogP contribution in [0.25, 0.3) is 0 Å². The quantitative estimate of drug-likeness (QED) is 0.462. The number of nitrogens with zero attached hydrogens (tertiary/aromatic N) is 1. The van der Waals surface area contributed by atoms with Crippen molar-refractivity contribution in [1.82, 2.24) is 9.97 Å². The number of para-hydroxylation sites is 1. The van der Waals surface area contributed by atoms with Crippen molar-refractivity contribution in [1.29, 1.82) is 0 Å². The molecule has 132 valence electrons. The number of rotatable bonds is 6. The number of H-pyrrole nitrogens is 1. The SMILES string of the molecule is CCOC(=O)c1c(SCC(=O)Nc2ccccc2F)nc(=O)[nH]c1C. The summed E-state index contributed by atoms with van der Waals surface area (Å²) in [5.41, 5.74) is -0.183. The topological polar surface area (TPSA) is 101 Å². The number of hydrogen-bond donors (Lipinski definition) is 2. The Labute approximate surface area is 147 Å². The molecule has 0 saturated heterocycles. The number of carbonyl (C=O) groups is 2. The van der Waals surface area contributed by atoms with Crippen LogP contribution in [0, 0.1) is 12.7 Å². The van der Waals surface area contributed by atoms with Crippen molar-refractivity contribution in [2.45, 2.75) is 18.9 Å². The van der Waals surface area contributed by atoms with Gasteiger partial charge in [0.05, 0.1) is 18.0 Å². The Morgan fingerprint density at radius 2 is 2.08 bits per heavy atom. The fourth-order valence-electron chi connectivity index (χ4n) is 1.99. The average Bonchev–Trinajstić information content (AvgIpc) is 2.54. The van der Waals surface area contributed by atoms with Gasteiger partial charge in [0.15, 0.2) is 0 Å². The van der Waals surface area contributed by atoms with Crippen LogP contribution in [-0.4, -0.2) is 34.2 Å². The summed E-state index contributed by atoms with van der Waals surface area (Å²) in [4.78, 5) is 41.7. The smallest absolute Gasteiger partial charge is 0.346 e. The molecule has 0 fully saturated rings. The predicted molar refractivity (Wildman–Crippen MR) is 91.3 cm³/mol. The van der Waals surface area contributed by atoms with E-state index in [4.69, 9.17) is 4.74 Å². The molecule has 25 heavy (non-hydrogen) atoms. The average molecular weight is 365 g/mol. The molecule has 1 aromatic heterocycles. The summed E-state index contributed by atoms with van der Waals surface area (Å²) in [7, 11) is 0. The Bertz CT molecular complexity index is 854. The largest absolute Gasteiger partial charge is 0.462 e. The van der Waals surface area contributed by atoms with E-state index in [-0.39, 0.29) is 28.6 Å². The number of halogens is 1. The first-order valence-corrected chi connectivity index (χ1v) is 8.36. The number of nitrogens with one attached hydrogen (secondary N) is 2. The van der Waals surface area contributed by atoms with Gasteiger partial charge in [-0.2, -0.15) is 4.98 Å². The molecular formula is C16H16FN3O4S. The van der Waals surface area contributed by atoms with Crippen molar-refractivity contribution in [3.63, 3.8) is 0 Å². The molecule has 0 aliphatic heterocycles. The zero-order valence-electron chi connectivity index (χ0n) is 13.6. The van der Waals surface area contributed by atoms with Crippen LogP contribution >= 0.6 is 11.8 Å². The van der Waals surface area contributed by atoms with Gasteiger partial charge in [-0.05, 0) is 26.0 Å². The molecule has 1 heterocycles. The number of ether oxygens (including phenoxy) is 1. The summed E-state index contributed by atoms with van der Waals surface area (Å²) in [5, 5.41) is 2.51. The maximum atomic E-state index is 13.5. The molecule has 1 amide bonds. The Morgan fingerprint density at radius 3 is 2.76 bits per heavy atom. The molecule has 0 aliphatic rings. The van der Waals surface area contributed by atoms with Crippen LogP contribution in [0.1, 0.15) is 23.0 Å². The standard InChI is InChI=1S/C16H16FN3O4S/c1-3-24-15(22)13-9(2)18-16(23)20-14(13)25-8-12(21)19-11-7-5-4-6-10(11)17/h4-7H,3,8H2,1-2H3,(H,19,21)(H,18,20,23). The number of anilines is 1. The summed E-state index contributed by atoms with van der Waals surface area (Å²) >= 11 is 0.896. The third kappa shape index (κ3) is 4.90. The second-order valence-corrected chi connectivity index (χ2v) is 5.85. The molecule has 0 aliphatic carbocycles. The van der Waals surface area contributed by atoms with Crippen LogP contribution in [0.15, 0.2) is 34.1 Å². The van der Waals surface area contributed by atoms with Gasteiger partial charge < -0.3 is 15.0 Å². The normalized spacial score (nSPS) is 10.4. The van der Waals surface area contributed by atoms with Gasteiger partial charge in [0, 0.05) is 5.69 Å². The van der Waals surface area contributed by atoms with Crippen LogP contribution in [0.4, 0.5) is 10.1 Å².